The molecular weight excluding hydrogens is 300 g/mol. The van der Waals surface area contributed by atoms with Crippen molar-refractivity contribution < 1.29 is 14.3 Å². The summed E-state index contributed by atoms with van der Waals surface area (Å²) in [5, 5.41) is 0. The highest BCUT2D eigenvalue weighted by Gasteiger charge is 2.07. The van der Waals surface area contributed by atoms with E-state index in [1.807, 2.05) is 30.3 Å². The lowest BCUT2D eigenvalue weighted by Crippen LogP contribution is -2.13. The van der Waals surface area contributed by atoms with Gasteiger partial charge in [-0.05, 0) is 48.6 Å². The quantitative estimate of drug-likeness (QED) is 0.338. The van der Waals surface area contributed by atoms with E-state index in [1.54, 1.807) is 24.3 Å². The van der Waals surface area contributed by atoms with Gasteiger partial charge in [0.05, 0.1) is 0 Å². The highest BCUT2D eigenvalue weighted by atomic mass is 16.7. The normalized spacial score (nSPS) is 10.6. The van der Waals surface area contributed by atoms with E-state index in [9.17, 15) is 4.79 Å². The van der Waals surface area contributed by atoms with Crippen molar-refractivity contribution in [2.24, 2.45) is 5.92 Å². The maximum absolute atomic E-state index is 11.7. The van der Waals surface area contributed by atoms with Crippen LogP contribution in [-0.4, -0.2) is 6.16 Å². The number of carbonyl (C=O) groups is 1. The van der Waals surface area contributed by atoms with Gasteiger partial charge in [0, 0.05) is 0 Å². The lowest BCUT2D eigenvalue weighted by atomic mass is 10.0. The molecule has 0 aliphatic carbocycles. The molecule has 0 aliphatic rings. The van der Waals surface area contributed by atoms with E-state index in [-0.39, 0.29) is 0 Å². The van der Waals surface area contributed by atoms with Crippen LogP contribution in [0.25, 0.3) is 0 Å². The second-order valence-corrected chi connectivity index (χ2v) is 6.40. The Bertz CT molecular complexity index is 603. The van der Waals surface area contributed by atoms with Crippen molar-refractivity contribution in [1.29, 1.82) is 0 Å². The average Bonchev–Trinajstić information content (AvgIpc) is 2.56. The molecule has 0 bridgehead atoms. The van der Waals surface area contributed by atoms with Crippen LogP contribution in [0.15, 0.2) is 54.6 Å². The molecule has 3 nitrogen and oxygen atoms in total. The van der Waals surface area contributed by atoms with Gasteiger partial charge in [-0.2, -0.15) is 0 Å². The standard InChI is InChI=1S/C21H26O3/c1-17(2)9-5-3-6-10-18-13-15-20(16-14-18)24-21(22)23-19-11-7-4-8-12-19/h4,7-8,11-17H,3,5-6,9-10H2,1-2H3. The smallest absolute Gasteiger partial charge is 0.395 e. The molecule has 0 heterocycles. The molecule has 0 aliphatic heterocycles. The first-order valence-corrected chi connectivity index (χ1v) is 8.67. The van der Waals surface area contributed by atoms with Gasteiger partial charge in [0.15, 0.2) is 0 Å². The van der Waals surface area contributed by atoms with Crippen molar-refractivity contribution in [3.63, 3.8) is 0 Å². The summed E-state index contributed by atoms with van der Waals surface area (Å²) in [6, 6.07) is 16.5. The van der Waals surface area contributed by atoms with Crippen LogP contribution in [0.4, 0.5) is 4.79 Å². The van der Waals surface area contributed by atoms with Gasteiger partial charge in [-0.25, -0.2) is 4.79 Å². The van der Waals surface area contributed by atoms with Gasteiger partial charge in [-0.1, -0.05) is 63.4 Å². The van der Waals surface area contributed by atoms with Gasteiger partial charge in [0.2, 0.25) is 0 Å². The second kappa shape index (κ2) is 9.76. The van der Waals surface area contributed by atoms with E-state index < -0.39 is 6.16 Å². The summed E-state index contributed by atoms with van der Waals surface area (Å²) >= 11 is 0. The number of para-hydroxylation sites is 1. The van der Waals surface area contributed by atoms with Gasteiger partial charge in [-0.15, -0.1) is 0 Å². The van der Waals surface area contributed by atoms with Crippen LogP contribution in [0.3, 0.4) is 0 Å². The van der Waals surface area contributed by atoms with E-state index in [4.69, 9.17) is 9.47 Å². The number of hydrogen-bond acceptors (Lipinski definition) is 3. The molecular formula is C21H26O3. The Morgan fingerprint density at radius 3 is 2.08 bits per heavy atom. The van der Waals surface area contributed by atoms with Gasteiger partial charge in [0.25, 0.3) is 0 Å². The van der Waals surface area contributed by atoms with E-state index >= 15 is 0 Å². The Hall–Kier alpha value is -2.29. The summed E-state index contributed by atoms with van der Waals surface area (Å²) in [5.41, 5.74) is 1.27. The number of hydrogen-bond donors (Lipinski definition) is 0. The minimum Gasteiger partial charge on any atom is -0.395 e. The van der Waals surface area contributed by atoms with Gasteiger partial charge < -0.3 is 9.47 Å². The van der Waals surface area contributed by atoms with Gasteiger partial charge in [0.1, 0.15) is 11.5 Å². The van der Waals surface area contributed by atoms with Crippen molar-refractivity contribution in [2.75, 3.05) is 0 Å². The van der Waals surface area contributed by atoms with Crippen molar-refractivity contribution in [1.82, 2.24) is 0 Å². The van der Waals surface area contributed by atoms with Crippen molar-refractivity contribution >= 4 is 6.16 Å². The van der Waals surface area contributed by atoms with E-state index in [1.165, 1.54) is 31.2 Å². The zero-order valence-corrected chi connectivity index (χ0v) is 14.5. The monoisotopic (exact) mass is 326 g/mol. The molecule has 24 heavy (non-hydrogen) atoms. The lowest BCUT2D eigenvalue weighted by molar-refractivity contribution is 0.152. The Balaban J connectivity index is 1.72. The Morgan fingerprint density at radius 1 is 0.833 bits per heavy atom. The zero-order valence-electron chi connectivity index (χ0n) is 14.5. The van der Waals surface area contributed by atoms with Crippen LogP contribution in [0.5, 0.6) is 11.5 Å². The van der Waals surface area contributed by atoms with Crippen LogP contribution in [0, 0.1) is 5.92 Å². The first kappa shape index (κ1) is 18.1. The maximum Gasteiger partial charge on any atom is 0.519 e. The van der Waals surface area contributed by atoms with Crippen LogP contribution < -0.4 is 9.47 Å². The molecule has 0 radical (unpaired) electrons. The minimum absolute atomic E-state index is 0.473. The summed E-state index contributed by atoms with van der Waals surface area (Å²) in [6.45, 7) is 4.53. The molecule has 0 aromatic heterocycles. The fourth-order valence-corrected chi connectivity index (χ4v) is 2.48. The summed E-state index contributed by atoms with van der Waals surface area (Å²) in [7, 11) is 0. The summed E-state index contributed by atoms with van der Waals surface area (Å²) < 4.78 is 10.3. The minimum atomic E-state index is -0.720. The van der Waals surface area contributed by atoms with Gasteiger partial charge in [-0.3, -0.25) is 0 Å². The van der Waals surface area contributed by atoms with E-state index in [0.717, 1.165) is 12.3 Å². The average molecular weight is 326 g/mol. The van der Waals surface area contributed by atoms with Gasteiger partial charge >= 0.3 is 6.16 Å². The molecule has 0 N–H and O–H groups in total. The third kappa shape index (κ3) is 6.86. The molecule has 0 unspecified atom stereocenters. The van der Waals surface area contributed by atoms with Crippen LogP contribution in [0.1, 0.15) is 45.1 Å². The molecule has 0 atom stereocenters. The van der Waals surface area contributed by atoms with Crippen molar-refractivity contribution in [3.05, 3.63) is 60.2 Å². The number of unbranched alkanes of at least 4 members (excludes halogenated alkanes) is 2. The first-order chi connectivity index (χ1) is 11.6. The fourth-order valence-electron chi connectivity index (χ4n) is 2.48. The SMILES string of the molecule is CC(C)CCCCCc1ccc(OC(=O)Oc2ccccc2)cc1. The highest BCUT2D eigenvalue weighted by molar-refractivity contribution is 5.67. The van der Waals surface area contributed by atoms with Crippen molar-refractivity contribution in [2.45, 2.75) is 46.0 Å². The molecule has 0 saturated heterocycles. The summed E-state index contributed by atoms with van der Waals surface area (Å²) in [5.74, 6) is 1.76. The molecule has 128 valence electrons. The third-order valence-corrected chi connectivity index (χ3v) is 3.82. The number of benzene rings is 2. The molecule has 2 aromatic rings. The zero-order chi connectivity index (χ0) is 17.2. The van der Waals surface area contributed by atoms with Crippen LogP contribution >= 0.6 is 0 Å². The predicted molar refractivity (Wildman–Crippen MR) is 96.5 cm³/mol. The molecule has 0 spiro atoms. The van der Waals surface area contributed by atoms with Crippen molar-refractivity contribution in [3.8, 4) is 11.5 Å². The lowest BCUT2D eigenvalue weighted by Gasteiger charge is -2.07. The molecule has 0 saturated carbocycles. The third-order valence-electron chi connectivity index (χ3n) is 3.82. The van der Waals surface area contributed by atoms with E-state index in [0.29, 0.717) is 11.5 Å². The maximum atomic E-state index is 11.7. The largest absolute Gasteiger partial charge is 0.519 e. The predicted octanol–water partition coefficient (Wildman–Crippen LogP) is 6.02. The molecule has 3 heteroatoms. The number of aryl methyl sites for hydroxylation is 1. The first-order valence-electron chi connectivity index (χ1n) is 8.67. The Labute approximate surface area is 144 Å². The topological polar surface area (TPSA) is 35.5 Å². The highest BCUT2D eigenvalue weighted by Crippen LogP contribution is 2.17. The summed E-state index contributed by atoms with van der Waals surface area (Å²) in [6.07, 6.45) is 5.40. The molecule has 2 rings (SSSR count). The summed E-state index contributed by atoms with van der Waals surface area (Å²) in [4.78, 5) is 11.7. The Kier molecular flexibility index (Phi) is 7.34. The molecule has 0 amide bonds. The number of rotatable bonds is 8. The molecule has 0 fully saturated rings. The fraction of sp³-hybridized carbons (Fsp3) is 0.381. The number of ether oxygens (including phenoxy) is 2. The molecule has 2 aromatic carbocycles. The second-order valence-electron chi connectivity index (χ2n) is 6.40. The van der Waals surface area contributed by atoms with Crippen LogP contribution in [0.2, 0.25) is 0 Å². The van der Waals surface area contributed by atoms with Crippen LogP contribution in [-0.2, 0) is 6.42 Å². The Morgan fingerprint density at radius 2 is 1.46 bits per heavy atom. The number of carbonyl (C=O) groups excluding carboxylic acids is 1. The van der Waals surface area contributed by atoms with E-state index in [2.05, 4.69) is 13.8 Å².